The minimum absolute atomic E-state index is 0.0141. The number of aryl methyl sites for hydroxylation is 1. The standard InChI is InChI=1S/C40H44N4O6/c1-2-4-27(45)19-29(47)20-28(46)9-6-24-7-13-37-38(17-24)50-40-25(5-3-16-49-37)8-12-36(48)31-10-11-32-30(14-15-42-39(32)41)33(31)18-26-21-43-35-23-44(40)22-34(26)35/h7,10-11,13,17,21-22,25,27,29,36,39-40,42,45,47-48H,2,4-6,9,14-15,18-20,23,41H2,1H3/p+1. The highest BCUT2D eigenvalue weighted by atomic mass is 16.5. The number of aliphatic hydroxyl groups is 3. The maximum atomic E-state index is 12.7. The number of hydrogen-bond acceptors (Lipinski definition) is 9. The Bertz CT molecular complexity index is 1880. The zero-order valence-electron chi connectivity index (χ0n) is 28.4. The smallest absolute Gasteiger partial charge is 0.251 e. The predicted octanol–water partition coefficient (Wildman–Crippen LogP) is 2.07. The number of fused-ring (bicyclic) bond motifs is 7. The number of ether oxygens (including phenoxy) is 2. The molecular formula is C40H45N4O6+. The van der Waals surface area contributed by atoms with Crippen molar-refractivity contribution in [1.82, 2.24) is 5.32 Å². The van der Waals surface area contributed by atoms with Crippen LogP contribution in [0.1, 0.15) is 85.5 Å². The first-order valence-electron chi connectivity index (χ1n) is 17.8. The van der Waals surface area contributed by atoms with Gasteiger partial charge in [-0.25, -0.2) is 0 Å². The molecule has 0 amide bonds. The number of carbonyl (C=O) groups excluding carboxylic acids is 1. The Balaban J connectivity index is 1.16. The van der Waals surface area contributed by atoms with E-state index in [4.69, 9.17) is 20.2 Å². The third-order valence-corrected chi connectivity index (χ3v) is 10.2. The van der Waals surface area contributed by atoms with Gasteiger partial charge in [0.25, 0.3) is 6.23 Å². The highest BCUT2D eigenvalue weighted by Crippen LogP contribution is 2.36. The molecule has 7 rings (SSSR count). The molecule has 5 aliphatic rings. The van der Waals surface area contributed by atoms with Crippen LogP contribution in [0.5, 0.6) is 11.5 Å². The number of aliphatic hydroxyl groups excluding tert-OH is 3. The molecule has 10 nitrogen and oxygen atoms in total. The first-order chi connectivity index (χ1) is 24.3. The average molecular weight is 678 g/mol. The van der Waals surface area contributed by atoms with Crippen LogP contribution < -0.4 is 25.4 Å². The Morgan fingerprint density at radius 1 is 1.14 bits per heavy atom. The summed E-state index contributed by atoms with van der Waals surface area (Å²) in [4.78, 5) is 18.6. The number of aliphatic imine (C=N–C) groups is 1. The van der Waals surface area contributed by atoms with Crippen molar-refractivity contribution >= 4 is 11.5 Å². The van der Waals surface area contributed by atoms with Crippen LogP contribution in [0.3, 0.4) is 0 Å². The van der Waals surface area contributed by atoms with Gasteiger partial charge in [0.05, 0.1) is 23.9 Å². The predicted molar refractivity (Wildman–Crippen MR) is 188 cm³/mol. The summed E-state index contributed by atoms with van der Waals surface area (Å²) in [6.07, 6.45) is 7.89. The van der Waals surface area contributed by atoms with E-state index in [1.54, 1.807) is 6.07 Å². The Kier molecular flexibility index (Phi) is 10.2. The van der Waals surface area contributed by atoms with Crippen LogP contribution in [0.15, 0.2) is 58.9 Å². The summed E-state index contributed by atoms with van der Waals surface area (Å²) in [5.41, 5.74) is 14.6. The van der Waals surface area contributed by atoms with Crippen LogP contribution in [-0.4, -0.2) is 58.3 Å². The van der Waals surface area contributed by atoms with E-state index in [2.05, 4.69) is 35.4 Å². The van der Waals surface area contributed by atoms with Gasteiger partial charge in [0.15, 0.2) is 11.5 Å². The number of benzene rings is 2. The fraction of sp³-hybridized carbons (Fsp3) is 0.450. The summed E-state index contributed by atoms with van der Waals surface area (Å²) in [7, 11) is 0. The number of nitrogens with one attached hydrogen (secondary N) is 2. The second-order valence-corrected chi connectivity index (χ2v) is 13.9. The first kappa shape index (κ1) is 34.2. The maximum absolute atomic E-state index is 12.7. The molecule has 5 heterocycles. The van der Waals surface area contributed by atoms with E-state index in [-0.39, 0.29) is 37.1 Å². The summed E-state index contributed by atoms with van der Waals surface area (Å²) in [5.74, 6) is 10.2. The van der Waals surface area contributed by atoms with Gasteiger partial charge in [0.2, 0.25) is 0 Å². The minimum atomic E-state index is -1.01. The van der Waals surface area contributed by atoms with Gasteiger partial charge >= 0.3 is 0 Å². The number of rotatable bonds is 9. The van der Waals surface area contributed by atoms with Gasteiger partial charge in [-0.1, -0.05) is 49.3 Å². The summed E-state index contributed by atoms with van der Waals surface area (Å²) in [6, 6.07) is 9.54. The number of Topliss-reactive ketones (excluding diaryl/α,β-unsaturated/α-hetero) is 1. The molecule has 10 heteroatoms. The van der Waals surface area contributed by atoms with Crippen molar-refractivity contribution in [3.05, 3.63) is 81.7 Å². The second-order valence-electron chi connectivity index (χ2n) is 13.9. The maximum Gasteiger partial charge on any atom is 0.251 e. The Morgan fingerprint density at radius 2 is 2.00 bits per heavy atom. The third kappa shape index (κ3) is 7.28. The highest BCUT2D eigenvalue weighted by Gasteiger charge is 2.40. The van der Waals surface area contributed by atoms with Crippen molar-refractivity contribution in [3.63, 3.8) is 0 Å². The van der Waals surface area contributed by atoms with Crippen LogP contribution in [0.4, 0.5) is 0 Å². The molecule has 0 fully saturated rings. The molecule has 0 spiro atoms. The molecule has 7 unspecified atom stereocenters. The van der Waals surface area contributed by atoms with Crippen molar-refractivity contribution in [2.75, 3.05) is 13.1 Å². The van der Waals surface area contributed by atoms with E-state index < -0.39 is 24.5 Å². The summed E-state index contributed by atoms with van der Waals surface area (Å²) in [6.45, 7) is 3.35. The molecule has 2 aromatic carbocycles. The molecule has 7 atom stereocenters. The van der Waals surface area contributed by atoms with E-state index in [1.807, 2.05) is 37.4 Å². The second kappa shape index (κ2) is 14.9. The van der Waals surface area contributed by atoms with Gasteiger partial charge in [-0.3, -0.25) is 20.0 Å². The van der Waals surface area contributed by atoms with E-state index in [1.165, 1.54) is 5.56 Å². The first-order valence-corrected chi connectivity index (χ1v) is 17.8. The van der Waals surface area contributed by atoms with Crippen molar-refractivity contribution in [2.24, 2.45) is 16.6 Å². The molecule has 0 saturated heterocycles. The highest BCUT2D eigenvalue weighted by molar-refractivity contribution is 6.08. The van der Waals surface area contributed by atoms with Crippen LogP contribution in [0, 0.1) is 29.8 Å². The molecule has 0 saturated carbocycles. The van der Waals surface area contributed by atoms with Crippen LogP contribution in [0.2, 0.25) is 0 Å². The van der Waals surface area contributed by atoms with Crippen LogP contribution in [0.25, 0.3) is 0 Å². The average Bonchev–Trinajstić information content (AvgIpc) is 3.69. The molecule has 0 radical (unpaired) electrons. The lowest BCUT2D eigenvalue weighted by Crippen LogP contribution is -3.13. The Labute approximate surface area is 293 Å². The molecule has 50 heavy (non-hydrogen) atoms. The van der Waals surface area contributed by atoms with Crippen molar-refractivity contribution in [2.45, 2.75) is 95.4 Å². The number of ketones is 1. The summed E-state index contributed by atoms with van der Waals surface area (Å²) in [5, 5.41) is 35.2. The van der Waals surface area contributed by atoms with Gasteiger partial charge in [0, 0.05) is 38.4 Å². The molecule has 5 aliphatic heterocycles. The molecule has 0 aliphatic carbocycles. The number of allylic oxidation sites excluding steroid dienone is 1. The van der Waals surface area contributed by atoms with E-state index in [9.17, 15) is 20.1 Å². The summed E-state index contributed by atoms with van der Waals surface area (Å²) >= 11 is 0. The van der Waals surface area contributed by atoms with Gasteiger partial charge in [-0.05, 0) is 71.2 Å². The number of nitrogens with zero attached hydrogens (tertiary/aromatic N) is 1. The lowest BCUT2D eigenvalue weighted by Gasteiger charge is -2.29. The molecule has 2 bridgehead atoms. The Morgan fingerprint density at radius 3 is 2.86 bits per heavy atom. The number of carbonyl (C=O) groups is 1. The van der Waals surface area contributed by atoms with Gasteiger partial charge in [-0.2, -0.15) is 0 Å². The number of quaternary nitrogens is 1. The van der Waals surface area contributed by atoms with E-state index in [0.29, 0.717) is 43.7 Å². The summed E-state index contributed by atoms with van der Waals surface area (Å²) < 4.78 is 12.6. The zero-order valence-corrected chi connectivity index (χ0v) is 28.4. The molecule has 0 aromatic heterocycles. The lowest BCUT2D eigenvalue weighted by molar-refractivity contribution is -0.886. The number of nitrogens with two attached hydrogens (primary N) is 1. The van der Waals surface area contributed by atoms with Crippen molar-refractivity contribution < 1.29 is 34.5 Å². The van der Waals surface area contributed by atoms with Gasteiger partial charge in [-0.15, -0.1) is 0 Å². The SMILES string of the molecule is CCCC(O)CC(O)CC(=O)CCc1ccc2c(c1)OC1C(C#CC(O)c3ccc4c(c3CC3=CN=C5C[NH+]1C=C35)CCNC4N)CC#CO2. The van der Waals surface area contributed by atoms with Crippen molar-refractivity contribution in [3.8, 4) is 35.4 Å². The van der Waals surface area contributed by atoms with Gasteiger partial charge < -0.3 is 30.5 Å². The van der Waals surface area contributed by atoms with Gasteiger partial charge in [0.1, 0.15) is 42.4 Å². The van der Waals surface area contributed by atoms with Crippen LogP contribution >= 0.6 is 0 Å². The van der Waals surface area contributed by atoms with Crippen molar-refractivity contribution in [1.29, 1.82) is 0 Å². The molecule has 2 aromatic rings. The fourth-order valence-electron chi connectivity index (χ4n) is 7.66. The zero-order chi connectivity index (χ0) is 34.8. The number of hydrogen-bond donors (Lipinski definition) is 6. The molecule has 7 N–H and O–H groups in total. The fourth-order valence-corrected chi connectivity index (χ4v) is 7.66. The Hall–Kier alpha value is -4.26. The largest absolute Gasteiger partial charge is 0.437 e. The van der Waals surface area contributed by atoms with E-state index in [0.717, 1.165) is 63.4 Å². The topological polar surface area (TPSA) is 151 Å². The van der Waals surface area contributed by atoms with E-state index >= 15 is 0 Å². The normalized spacial score (nSPS) is 25.7. The molecular weight excluding hydrogens is 632 g/mol. The minimum Gasteiger partial charge on any atom is -0.437 e. The van der Waals surface area contributed by atoms with Crippen LogP contribution in [-0.2, 0) is 24.1 Å². The third-order valence-electron chi connectivity index (χ3n) is 10.2. The quantitative estimate of drug-likeness (QED) is 0.221. The monoisotopic (exact) mass is 677 g/mol. The lowest BCUT2D eigenvalue weighted by atomic mass is 9.84. The molecule has 260 valence electrons.